The molecule has 0 bridgehead atoms. The standard InChI is InChI=1S/C5H7BrO2/c1-4-7-3-2-5(6)8-4/h2-5H,1H3. The fraction of sp³-hybridized carbons (Fsp3) is 0.600. The molecule has 0 saturated heterocycles. The third-order valence-electron chi connectivity index (χ3n) is 0.822. The normalized spacial score (nSPS) is 36.8. The Hall–Kier alpha value is -0.0200. The summed E-state index contributed by atoms with van der Waals surface area (Å²) in [6.07, 6.45) is 3.30. The summed E-state index contributed by atoms with van der Waals surface area (Å²) in [5.41, 5.74) is 0. The molecule has 2 unspecified atom stereocenters. The highest BCUT2D eigenvalue weighted by Gasteiger charge is 2.10. The molecule has 0 amide bonds. The van der Waals surface area contributed by atoms with Gasteiger partial charge in [-0.3, -0.25) is 0 Å². The van der Waals surface area contributed by atoms with E-state index < -0.39 is 0 Å². The van der Waals surface area contributed by atoms with E-state index in [0.29, 0.717) is 0 Å². The van der Waals surface area contributed by atoms with Gasteiger partial charge in [-0.15, -0.1) is 0 Å². The fourth-order valence-corrected chi connectivity index (χ4v) is 0.907. The summed E-state index contributed by atoms with van der Waals surface area (Å²) in [4.78, 5) is 0. The van der Waals surface area contributed by atoms with Gasteiger partial charge in [-0.2, -0.15) is 0 Å². The van der Waals surface area contributed by atoms with Gasteiger partial charge in [-0.05, 0) is 13.0 Å². The quantitative estimate of drug-likeness (QED) is 0.526. The van der Waals surface area contributed by atoms with Gasteiger partial charge in [0.15, 0.2) is 6.29 Å². The molecule has 0 aromatic rings. The van der Waals surface area contributed by atoms with E-state index in [2.05, 4.69) is 15.9 Å². The van der Waals surface area contributed by atoms with E-state index in [9.17, 15) is 0 Å². The Bertz CT molecular complexity index is 103. The Kier molecular flexibility index (Phi) is 1.91. The third-order valence-corrected chi connectivity index (χ3v) is 1.34. The van der Waals surface area contributed by atoms with Gasteiger partial charge in [-0.1, -0.05) is 15.9 Å². The number of halogens is 1. The Morgan fingerprint density at radius 1 is 1.62 bits per heavy atom. The van der Waals surface area contributed by atoms with Crippen molar-refractivity contribution in [1.29, 1.82) is 0 Å². The minimum Gasteiger partial charge on any atom is -0.473 e. The first-order valence-electron chi connectivity index (χ1n) is 2.41. The molecule has 0 radical (unpaired) electrons. The van der Waals surface area contributed by atoms with E-state index in [1.807, 2.05) is 6.92 Å². The minimum absolute atomic E-state index is 0.0197. The molecule has 3 heteroatoms. The monoisotopic (exact) mass is 178 g/mol. The van der Waals surface area contributed by atoms with Crippen LogP contribution in [0.4, 0.5) is 0 Å². The fourth-order valence-electron chi connectivity index (χ4n) is 0.478. The summed E-state index contributed by atoms with van der Waals surface area (Å²) < 4.78 is 10.0. The minimum atomic E-state index is -0.121. The number of ether oxygens (including phenoxy) is 2. The predicted molar refractivity (Wildman–Crippen MR) is 33.5 cm³/mol. The Morgan fingerprint density at radius 3 is 2.75 bits per heavy atom. The van der Waals surface area contributed by atoms with Crippen LogP contribution in [0, 0.1) is 0 Å². The van der Waals surface area contributed by atoms with Crippen LogP contribution in [0.1, 0.15) is 6.92 Å². The van der Waals surface area contributed by atoms with Crippen LogP contribution in [0.15, 0.2) is 12.3 Å². The van der Waals surface area contributed by atoms with Crippen molar-refractivity contribution in [3.63, 3.8) is 0 Å². The molecular formula is C5H7BrO2. The maximum Gasteiger partial charge on any atom is 0.197 e. The third kappa shape index (κ3) is 1.49. The SMILES string of the molecule is CC1OC=CC(Br)O1. The lowest BCUT2D eigenvalue weighted by molar-refractivity contribution is -0.105. The van der Waals surface area contributed by atoms with Gasteiger partial charge < -0.3 is 9.47 Å². The van der Waals surface area contributed by atoms with Crippen molar-refractivity contribution in [3.8, 4) is 0 Å². The number of alkyl halides is 1. The molecule has 2 nitrogen and oxygen atoms in total. The van der Waals surface area contributed by atoms with Crippen molar-refractivity contribution in [3.05, 3.63) is 12.3 Å². The maximum atomic E-state index is 5.09. The summed E-state index contributed by atoms with van der Waals surface area (Å²) >= 11 is 3.24. The lowest BCUT2D eigenvalue weighted by atomic mass is 10.6. The summed E-state index contributed by atoms with van der Waals surface area (Å²) in [5, 5.41) is 0.0197. The van der Waals surface area contributed by atoms with Crippen LogP contribution in [-0.2, 0) is 9.47 Å². The van der Waals surface area contributed by atoms with Gasteiger partial charge in [0.2, 0.25) is 0 Å². The highest BCUT2D eigenvalue weighted by Crippen LogP contribution is 2.12. The molecule has 46 valence electrons. The lowest BCUT2D eigenvalue weighted by Gasteiger charge is -2.18. The number of rotatable bonds is 0. The summed E-state index contributed by atoms with van der Waals surface area (Å²) in [7, 11) is 0. The van der Waals surface area contributed by atoms with E-state index in [0.717, 1.165) is 0 Å². The Balaban J connectivity index is 2.42. The molecule has 0 spiro atoms. The van der Waals surface area contributed by atoms with Gasteiger partial charge in [-0.25, -0.2) is 0 Å². The van der Waals surface area contributed by atoms with Crippen molar-refractivity contribution < 1.29 is 9.47 Å². The molecule has 0 N–H and O–H groups in total. The van der Waals surface area contributed by atoms with E-state index in [-0.39, 0.29) is 11.3 Å². The summed E-state index contributed by atoms with van der Waals surface area (Å²) in [6, 6.07) is 0. The van der Waals surface area contributed by atoms with Crippen LogP contribution >= 0.6 is 15.9 Å². The molecule has 2 atom stereocenters. The van der Waals surface area contributed by atoms with E-state index in [4.69, 9.17) is 9.47 Å². The van der Waals surface area contributed by atoms with Gasteiger partial charge in [0.05, 0.1) is 6.26 Å². The molecule has 0 fully saturated rings. The van der Waals surface area contributed by atoms with Crippen LogP contribution in [0.3, 0.4) is 0 Å². The first-order chi connectivity index (χ1) is 3.79. The lowest BCUT2D eigenvalue weighted by Crippen LogP contribution is -2.18. The van der Waals surface area contributed by atoms with E-state index >= 15 is 0 Å². The Labute approximate surface area is 56.6 Å². The second-order valence-corrected chi connectivity index (χ2v) is 2.42. The van der Waals surface area contributed by atoms with Crippen LogP contribution in [-0.4, -0.2) is 11.3 Å². The van der Waals surface area contributed by atoms with Gasteiger partial charge in [0.25, 0.3) is 0 Å². The molecule has 1 rings (SSSR count). The van der Waals surface area contributed by atoms with Crippen molar-refractivity contribution in [2.45, 2.75) is 18.2 Å². The van der Waals surface area contributed by atoms with E-state index in [1.54, 1.807) is 12.3 Å². The van der Waals surface area contributed by atoms with E-state index in [1.165, 1.54) is 0 Å². The molecule has 0 aromatic carbocycles. The molecule has 0 aromatic heterocycles. The average Bonchev–Trinajstić information content (AvgIpc) is 1.64. The van der Waals surface area contributed by atoms with Crippen LogP contribution < -0.4 is 0 Å². The van der Waals surface area contributed by atoms with Gasteiger partial charge >= 0.3 is 0 Å². The molecule has 1 aliphatic rings. The Morgan fingerprint density at radius 2 is 2.38 bits per heavy atom. The summed E-state index contributed by atoms with van der Waals surface area (Å²) in [6.45, 7) is 1.84. The van der Waals surface area contributed by atoms with Crippen molar-refractivity contribution in [2.75, 3.05) is 0 Å². The van der Waals surface area contributed by atoms with Gasteiger partial charge in [0.1, 0.15) is 5.01 Å². The smallest absolute Gasteiger partial charge is 0.197 e. The zero-order valence-corrected chi connectivity index (χ0v) is 6.09. The zero-order valence-electron chi connectivity index (χ0n) is 4.50. The highest BCUT2D eigenvalue weighted by molar-refractivity contribution is 9.09. The molecular weight excluding hydrogens is 172 g/mol. The van der Waals surface area contributed by atoms with Crippen LogP contribution in [0.25, 0.3) is 0 Å². The predicted octanol–water partition coefficient (Wildman–Crippen LogP) is 1.61. The van der Waals surface area contributed by atoms with Crippen molar-refractivity contribution >= 4 is 15.9 Å². The second-order valence-electron chi connectivity index (χ2n) is 1.52. The summed E-state index contributed by atoms with van der Waals surface area (Å²) in [5.74, 6) is 0. The highest BCUT2D eigenvalue weighted by atomic mass is 79.9. The largest absolute Gasteiger partial charge is 0.473 e. The molecule has 0 saturated carbocycles. The zero-order chi connectivity index (χ0) is 5.98. The van der Waals surface area contributed by atoms with Crippen LogP contribution in [0.2, 0.25) is 0 Å². The van der Waals surface area contributed by atoms with Crippen molar-refractivity contribution in [2.24, 2.45) is 0 Å². The van der Waals surface area contributed by atoms with Gasteiger partial charge in [0, 0.05) is 0 Å². The number of hydrogen-bond donors (Lipinski definition) is 0. The first kappa shape index (κ1) is 6.11. The molecule has 1 heterocycles. The molecule has 1 aliphatic heterocycles. The topological polar surface area (TPSA) is 18.5 Å². The first-order valence-corrected chi connectivity index (χ1v) is 3.32. The average molecular weight is 179 g/mol. The van der Waals surface area contributed by atoms with Crippen molar-refractivity contribution in [1.82, 2.24) is 0 Å². The number of hydrogen-bond acceptors (Lipinski definition) is 2. The second kappa shape index (κ2) is 2.51. The molecule has 8 heavy (non-hydrogen) atoms. The molecule has 0 aliphatic carbocycles. The van der Waals surface area contributed by atoms with Crippen LogP contribution in [0.5, 0.6) is 0 Å². The maximum absolute atomic E-state index is 5.09.